The van der Waals surface area contributed by atoms with Crippen molar-refractivity contribution in [2.24, 2.45) is 0 Å². The minimum atomic E-state index is -0.480. The minimum Gasteiger partial charge on any atom is -0.305 e. The molecule has 2 aromatic carbocycles. The van der Waals surface area contributed by atoms with Crippen LogP contribution in [-0.4, -0.2) is 37.1 Å². The Balaban J connectivity index is 1.57. The Bertz CT molecular complexity index is 976. The molecule has 2 aliphatic rings. The summed E-state index contributed by atoms with van der Waals surface area (Å²) >= 11 is 0. The van der Waals surface area contributed by atoms with Crippen molar-refractivity contribution in [2.45, 2.75) is 32.1 Å². The zero-order valence-corrected chi connectivity index (χ0v) is 17.4. The number of carbonyl (C=O) groups is 1. The van der Waals surface area contributed by atoms with Gasteiger partial charge in [-0.05, 0) is 75.7 Å². The molecule has 0 unspecified atom stereocenters. The van der Waals surface area contributed by atoms with Crippen molar-refractivity contribution in [3.8, 4) is 0 Å². The first kappa shape index (κ1) is 20.5. The van der Waals surface area contributed by atoms with Crippen LogP contribution in [0, 0.1) is 11.6 Å². The summed E-state index contributed by atoms with van der Waals surface area (Å²) in [4.78, 5) is 17.0. The zero-order chi connectivity index (χ0) is 21.3. The highest BCUT2D eigenvalue weighted by molar-refractivity contribution is 6.03. The van der Waals surface area contributed by atoms with Gasteiger partial charge in [-0.15, -0.1) is 0 Å². The number of rotatable bonds is 3. The van der Waals surface area contributed by atoms with E-state index < -0.39 is 11.8 Å². The van der Waals surface area contributed by atoms with Crippen LogP contribution in [-0.2, 0) is 5.41 Å². The number of para-hydroxylation sites is 1. The number of nitrogens with one attached hydrogen (secondary N) is 1. The predicted molar refractivity (Wildman–Crippen MR) is 116 cm³/mol. The Morgan fingerprint density at radius 3 is 2.57 bits per heavy atom. The van der Waals surface area contributed by atoms with Crippen LogP contribution in [0.25, 0.3) is 0 Å². The number of allylic oxidation sites excluding steroid dienone is 1. The summed E-state index contributed by atoms with van der Waals surface area (Å²) in [6, 6.07) is 10.3. The molecule has 2 heterocycles. The maximum Gasteiger partial charge on any atom is 0.326 e. The highest BCUT2D eigenvalue weighted by atomic mass is 19.1. The monoisotopic (exact) mass is 411 g/mol. The number of piperidine rings is 1. The Kier molecular flexibility index (Phi) is 5.60. The quantitative estimate of drug-likeness (QED) is 0.694. The number of hydrogen-bond acceptors (Lipinski definition) is 2. The van der Waals surface area contributed by atoms with Crippen LogP contribution in [0.3, 0.4) is 0 Å². The van der Waals surface area contributed by atoms with Crippen molar-refractivity contribution in [1.29, 1.82) is 0 Å². The van der Waals surface area contributed by atoms with Gasteiger partial charge in [-0.2, -0.15) is 0 Å². The number of fused-ring (bicyclic) bond motifs is 2. The number of likely N-dealkylation sites (tertiary alicyclic amines) is 1. The summed E-state index contributed by atoms with van der Waals surface area (Å²) in [6.07, 6.45) is 3.92. The third kappa shape index (κ3) is 3.97. The smallest absolute Gasteiger partial charge is 0.305 e. The summed E-state index contributed by atoms with van der Waals surface area (Å²) in [5.74, 6) is -0.775. The fraction of sp³-hybridized carbons (Fsp3) is 0.375. The first-order valence-electron chi connectivity index (χ1n) is 10.4. The van der Waals surface area contributed by atoms with E-state index in [4.69, 9.17) is 0 Å². The summed E-state index contributed by atoms with van der Waals surface area (Å²) in [6.45, 7) is 7.35. The van der Waals surface area contributed by atoms with Gasteiger partial charge in [-0.1, -0.05) is 23.8 Å². The maximum atomic E-state index is 14.1. The van der Waals surface area contributed by atoms with Gasteiger partial charge >= 0.3 is 6.03 Å². The van der Waals surface area contributed by atoms with Crippen LogP contribution in [0.5, 0.6) is 0 Å². The van der Waals surface area contributed by atoms with E-state index in [1.54, 1.807) is 29.2 Å². The molecule has 4 rings (SSSR count). The molecule has 158 valence electrons. The fourth-order valence-electron chi connectivity index (χ4n) is 4.47. The third-order valence-corrected chi connectivity index (χ3v) is 6.21. The van der Waals surface area contributed by atoms with E-state index in [9.17, 15) is 13.6 Å². The van der Waals surface area contributed by atoms with Gasteiger partial charge in [0.05, 0.1) is 5.69 Å². The average Bonchev–Trinajstić information content (AvgIpc) is 3.03. The first-order chi connectivity index (χ1) is 14.4. The van der Waals surface area contributed by atoms with Gasteiger partial charge in [-0.25, -0.2) is 13.6 Å². The van der Waals surface area contributed by atoms with E-state index in [0.29, 0.717) is 12.2 Å². The van der Waals surface area contributed by atoms with Crippen LogP contribution >= 0.6 is 0 Å². The van der Waals surface area contributed by atoms with Gasteiger partial charge in [0.15, 0.2) is 0 Å². The Labute approximate surface area is 176 Å². The summed E-state index contributed by atoms with van der Waals surface area (Å²) in [5, 5.41) is 2.67. The SMILES string of the molecule is CC(C)=CCN1CCC2(CC1)CN(C(=O)Nc1ccccc1F)c1ccc(F)cc12. The molecular formula is C24H27F2N3O. The van der Waals surface area contributed by atoms with Crippen LogP contribution in [0.15, 0.2) is 54.1 Å². The number of anilines is 2. The molecule has 0 aromatic heterocycles. The molecule has 0 aliphatic carbocycles. The second kappa shape index (κ2) is 8.19. The molecule has 1 N–H and O–H groups in total. The minimum absolute atomic E-state index is 0.142. The molecule has 1 spiro atoms. The van der Waals surface area contributed by atoms with Crippen molar-refractivity contribution in [3.05, 3.63) is 71.3 Å². The van der Waals surface area contributed by atoms with E-state index in [2.05, 4.69) is 30.1 Å². The van der Waals surface area contributed by atoms with E-state index >= 15 is 0 Å². The summed E-state index contributed by atoms with van der Waals surface area (Å²) in [7, 11) is 0. The number of urea groups is 1. The molecule has 2 aliphatic heterocycles. The topological polar surface area (TPSA) is 35.6 Å². The molecule has 1 saturated heterocycles. The maximum absolute atomic E-state index is 14.1. The van der Waals surface area contributed by atoms with Crippen LogP contribution in [0.2, 0.25) is 0 Å². The molecule has 2 amide bonds. The fourth-order valence-corrected chi connectivity index (χ4v) is 4.47. The van der Waals surface area contributed by atoms with Gasteiger partial charge in [-0.3, -0.25) is 9.80 Å². The Morgan fingerprint density at radius 1 is 1.13 bits per heavy atom. The second-order valence-electron chi connectivity index (χ2n) is 8.52. The van der Waals surface area contributed by atoms with Gasteiger partial charge in [0.2, 0.25) is 0 Å². The van der Waals surface area contributed by atoms with Crippen molar-refractivity contribution in [1.82, 2.24) is 4.90 Å². The molecule has 0 radical (unpaired) electrons. The zero-order valence-electron chi connectivity index (χ0n) is 17.4. The van der Waals surface area contributed by atoms with Crippen molar-refractivity contribution in [3.63, 3.8) is 0 Å². The van der Waals surface area contributed by atoms with E-state index in [1.165, 1.54) is 23.8 Å². The highest BCUT2D eigenvalue weighted by Gasteiger charge is 2.46. The van der Waals surface area contributed by atoms with E-state index in [1.807, 2.05) is 0 Å². The van der Waals surface area contributed by atoms with Crippen molar-refractivity contribution in [2.75, 3.05) is 36.4 Å². The summed E-state index contributed by atoms with van der Waals surface area (Å²) in [5.41, 5.74) is 2.75. The second-order valence-corrected chi connectivity index (χ2v) is 8.52. The molecule has 30 heavy (non-hydrogen) atoms. The number of amides is 2. The third-order valence-electron chi connectivity index (χ3n) is 6.21. The van der Waals surface area contributed by atoms with Gasteiger partial charge < -0.3 is 5.32 Å². The lowest BCUT2D eigenvalue weighted by molar-refractivity contribution is 0.180. The number of nitrogens with zero attached hydrogens (tertiary/aromatic N) is 2. The van der Waals surface area contributed by atoms with Crippen LogP contribution in [0.1, 0.15) is 32.3 Å². The lowest BCUT2D eigenvalue weighted by atomic mass is 9.74. The van der Waals surface area contributed by atoms with E-state index in [-0.39, 0.29) is 16.9 Å². The van der Waals surface area contributed by atoms with Gasteiger partial charge in [0, 0.05) is 24.2 Å². The summed E-state index contributed by atoms with van der Waals surface area (Å²) < 4.78 is 28.1. The number of hydrogen-bond donors (Lipinski definition) is 1. The first-order valence-corrected chi connectivity index (χ1v) is 10.4. The number of halogens is 2. The predicted octanol–water partition coefficient (Wildman–Crippen LogP) is 5.32. The average molecular weight is 411 g/mol. The molecule has 4 nitrogen and oxygen atoms in total. The van der Waals surface area contributed by atoms with Crippen LogP contribution in [0.4, 0.5) is 25.0 Å². The van der Waals surface area contributed by atoms with Gasteiger partial charge in [0.1, 0.15) is 11.6 Å². The molecule has 2 aromatic rings. The van der Waals surface area contributed by atoms with E-state index in [0.717, 1.165) is 38.0 Å². The molecule has 1 fully saturated rings. The number of carbonyl (C=O) groups excluding carboxylic acids is 1. The van der Waals surface area contributed by atoms with Crippen molar-refractivity contribution >= 4 is 17.4 Å². The van der Waals surface area contributed by atoms with Crippen LogP contribution < -0.4 is 10.2 Å². The number of benzene rings is 2. The molecule has 0 saturated carbocycles. The standard InChI is InChI=1S/C24H27F2N3O/c1-17(2)9-12-28-13-10-24(11-14-28)16-29(22-8-7-18(25)15-19(22)24)23(30)27-21-6-4-3-5-20(21)26/h3-9,15H,10-14,16H2,1-2H3,(H,27,30). The normalized spacial score (nSPS) is 17.7. The lowest BCUT2D eigenvalue weighted by Crippen LogP contribution is -2.46. The Morgan fingerprint density at radius 2 is 1.87 bits per heavy atom. The highest BCUT2D eigenvalue weighted by Crippen LogP contribution is 2.47. The molecule has 0 bridgehead atoms. The Hall–Kier alpha value is -2.73. The lowest BCUT2D eigenvalue weighted by Gasteiger charge is -2.39. The molecular weight excluding hydrogens is 384 g/mol. The largest absolute Gasteiger partial charge is 0.326 e. The molecule has 0 atom stereocenters. The van der Waals surface area contributed by atoms with Gasteiger partial charge in [0.25, 0.3) is 0 Å². The molecule has 6 heteroatoms. The van der Waals surface area contributed by atoms with Crippen molar-refractivity contribution < 1.29 is 13.6 Å².